The van der Waals surface area contributed by atoms with E-state index in [0.29, 0.717) is 17.2 Å². The molecule has 3 aromatic rings. The van der Waals surface area contributed by atoms with Crippen LogP contribution in [0.15, 0.2) is 77.7 Å². The summed E-state index contributed by atoms with van der Waals surface area (Å²) in [5.74, 6) is 0.972. The summed E-state index contributed by atoms with van der Waals surface area (Å²) in [5.41, 5.74) is 2.48. The number of rotatable bonds is 5. The molecule has 0 aromatic heterocycles. The van der Waals surface area contributed by atoms with E-state index in [9.17, 15) is 8.42 Å². The molecule has 0 aliphatic carbocycles. The predicted molar refractivity (Wildman–Crippen MR) is 104 cm³/mol. The fourth-order valence-corrected chi connectivity index (χ4v) is 3.89. The topological polar surface area (TPSA) is 67.9 Å². The van der Waals surface area contributed by atoms with Crippen LogP contribution < -0.4 is 19.1 Å². The smallest absolute Gasteiger partial charge is 0.262 e. The quantitative estimate of drug-likeness (QED) is 0.723. The number of fused-ring (bicyclic) bond motifs is 1. The van der Waals surface area contributed by atoms with Crippen molar-refractivity contribution in [3.8, 4) is 11.5 Å². The van der Waals surface area contributed by atoms with Crippen molar-refractivity contribution in [2.45, 2.75) is 4.90 Å². The first-order chi connectivity index (χ1) is 13.0. The Bertz CT molecular complexity index is 1050. The fourth-order valence-electron chi connectivity index (χ4n) is 2.81. The first kappa shape index (κ1) is 17.2. The van der Waals surface area contributed by atoms with Crippen molar-refractivity contribution >= 4 is 27.1 Å². The van der Waals surface area contributed by atoms with Crippen LogP contribution in [0.1, 0.15) is 0 Å². The summed E-state index contributed by atoms with van der Waals surface area (Å²) >= 11 is 0. The number of ether oxygens (including phenoxy) is 2. The van der Waals surface area contributed by atoms with Gasteiger partial charge in [0.2, 0.25) is 6.79 Å². The van der Waals surface area contributed by atoms with Crippen LogP contribution in [0, 0.1) is 0 Å². The molecule has 0 fully saturated rings. The molecule has 0 bridgehead atoms. The molecule has 7 heteroatoms. The Kier molecular flexibility index (Phi) is 4.37. The van der Waals surface area contributed by atoms with E-state index >= 15 is 0 Å². The molecule has 0 atom stereocenters. The van der Waals surface area contributed by atoms with Gasteiger partial charge in [0.25, 0.3) is 10.0 Å². The van der Waals surface area contributed by atoms with Crippen LogP contribution in [0.3, 0.4) is 0 Å². The number of benzene rings is 3. The van der Waals surface area contributed by atoms with Crippen LogP contribution in [-0.4, -0.2) is 22.3 Å². The van der Waals surface area contributed by atoms with E-state index in [0.717, 1.165) is 11.4 Å². The zero-order chi connectivity index (χ0) is 18.9. The van der Waals surface area contributed by atoms with Crippen molar-refractivity contribution in [2.24, 2.45) is 0 Å². The Labute approximate surface area is 158 Å². The number of hydrogen-bond acceptors (Lipinski definition) is 5. The fraction of sp³-hybridized carbons (Fsp3) is 0.100. The highest BCUT2D eigenvalue weighted by atomic mass is 32.2. The van der Waals surface area contributed by atoms with Crippen LogP contribution in [0.2, 0.25) is 0 Å². The van der Waals surface area contributed by atoms with Crippen LogP contribution in [-0.2, 0) is 10.0 Å². The molecule has 3 aromatic carbocycles. The summed E-state index contributed by atoms with van der Waals surface area (Å²) < 4.78 is 38.3. The lowest BCUT2D eigenvalue weighted by molar-refractivity contribution is 0.174. The maximum absolute atomic E-state index is 12.6. The van der Waals surface area contributed by atoms with E-state index < -0.39 is 10.0 Å². The third kappa shape index (κ3) is 3.54. The summed E-state index contributed by atoms with van der Waals surface area (Å²) in [5, 5.41) is 0. The summed E-state index contributed by atoms with van der Waals surface area (Å²) in [6.45, 7) is 0.0999. The van der Waals surface area contributed by atoms with Gasteiger partial charge in [0.15, 0.2) is 11.5 Å². The van der Waals surface area contributed by atoms with Gasteiger partial charge in [0.05, 0.1) is 4.90 Å². The highest BCUT2D eigenvalue weighted by molar-refractivity contribution is 7.92. The third-order valence-corrected chi connectivity index (χ3v) is 5.68. The van der Waals surface area contributed by atoms with Gasteiger partial charge in [-0.3, -0.25) is 4.72 Å². The standard InChI is InChI=1S/C20H18N2O4S/c1-22(16-5-3-2-4-6-16)17-9-7-15(8-10-17)21-27(23,24)18-11-12-19-20(13-18)26-14-25-19/h2-13,21H,14H2,1H3. The first-order valence-electron chi connectivity index (χ1n) is 8.34. The molecule has 1 heterocycles. The molecule has 4 rings (SSSR count). The number of anilines is 3. The van der Waals surface area contributed by atoms with Crippen molar-refractivity contribution in [1.29, 1.82) is 0 Å². The molecule has 1 aliphatic rings. The highest BCUT2D eigenvalue weighted by Crippen LogP contribution is 2.34. The Morgan fingerprint density at radius 1 is 0.852 bits per heavy atom. The van der Waals surface area contributed by atoms with Gasteiger partial charge in [-0.05, 0) is 48.5 Å². The lowest BCUT2D eigenvalue weighted by Crippen LogP contribution is -2.13. The Balaban J connectivity index is 1.52. The second-order valence-corrected chi connectivity index (χ2v) is 7.74. The van der Waals surface area contributed by atoms with Gasteiger partial charge in [-0.1, -0.05) is 18.2 Å². The zero-order valence-electron chi connectivity index (χ0n) is 14.6. The van der Waals surface area contributed by atoms with E-state index in [1.54, 1.807) is 18.2 Å². The Hall–Kier alpha value is -3.19. The van der Waals surface area contributed by atoms with Gasteiger partial charge in [-0.2, -0.15) is 0 Å². The van der Waals surface area contributed by atoms with Gasteiger partial charge < -0.3 is 14.4 Å². The molecule has 138 valence electrons. The predicted octanol–water partition coefficient (Wildman–Crippen LogP) is 3.98. The minimum absolute atomic E-state index is 0.0999. The van der Waals surface area contributed by atoms with Gasteiger partial charge >= 0.3 is 0 Å². The van der Waals surface area contributed by atoms with Crippen LogP contribution in [0.4, 0.5) is 17.1 Å². The van der Waals surface area contributed by atoms with Crippen molar-refractivity contribution < 1.29 is 17.9 Å². The number of sulfonamides is 1. The van der Waals surface area contributed by atoms with Gasteiger partial charge in [-0.15, -0.1) is 0 Å². The van der Waals surface area contributed by atoms with Gasteiger partial charge in [-0.25, -0.2) is 8.42 Å². The Morgan fingerprint density at radius 3 is 2.26 bits per heavy atom. The van der Waals surface area contributed by atoms with E-state index in [2.05, 4.69) is 4.72 Å². The van der Waals surface area contributed by atoms with Crippen molar-refractivity contribution in [2.75, 3.05) is 23.5 Å². The monoisotopic (exact) mass is 382 g/mol. The number of hydrogen-bond donors (Lipinski definition) is 1. The van der Waals surface area contributed by atoms with E-state index in [1.807, 2.05) is 54.4 Å². The van der Waals surface area contributed by atoms with Crippen molar-refractivity contribution in [3.63, 3.8) is 0 Å². The second-order valence-electron chi connectivity index (χ2n) is 6.06. The van der Waals surface area contributed by atoms with Crippen molar-refractivity contribution in [3.05, 3.63) is 72.8 Å². The molecule has 0 amide bonds. The molecule has 0 spiro atoms. The van der Waals surface area contributed by atoms with Gasteiger partial charge in [0.1, 0.15) is 0 Å². The summed E-state index contributed by atoms with van der Waals surface area (Å²) in [4.78, 5) is 2.15. The summed E-state index contributed by atoms with van der Waals surface area (Å²) in [6.07, 6.45) is 0. The maximum Gasteiger partial charge on any atom is 0.262 e. The second kappa shape index (κ2) is 6.85. The number of nitrogens with zero attached hydrogens (tertiary/aromatic N) is 1. The molecule has 6 nitrogen and oxygen atoms in total. The zero-order valence-corrected chi connectivity index (χ0v) is 15.4. The summed E-state index contributed by atoms with van der Waals surface area (Å²) in [7, 11) is -1.76. The minimum atomic E-state index is -3.72. The van der Waals surface area contributed by atoms with Crippen LogP contribution in [0.5, 0.6) is 11.5 Å². The summed E-state index contributed by atoms with van der Waals surface area (Å²) in [6, 6.07) is 21.7. The van der Waals surface area contributed by atoms with E-state index in [4.69, 9.17) is 9.47 Å². The molecule has 0 radical (unpaired) electrons. The molecule has 0 unspecified atom stereocenters. The molecule has 27 heavy (non-hydrogen) atoms. The largest absolute Gasteiger partial charge is 0.454 e. The minimum Gasteiger partial charge on any atom is -0.454 e. The molecule has 1 aliphatic heterocycles. The van der Waals surface area contributed by atoms with Crippen molar-refractivity contribution in [1.82, 2.24) is 0 Å². The number of nitrogens with one attached hydrogen (secondary N) is 1. The number of para-hydroxylation sites is 1. The van der Waals surface area contributed by atoms with E-state index in [-0.39, 0.29) is 11.7 Å². The first-order valence-corrected chi connectivity index (χ1v) is 9.82. The van der Waals surface area contributed by atoms with Crippen LogP contribution in [0.25, 0.3) is 0 Å². The molecule has 1 N–H and O–H groups in total. The Morgan fingerprint density at radius 2 is 1.52 bits per heavy atom. The SMILES string of the molecule is CN(c1ccccc1)c1ccc(NS(=O)(=O)c2ccc3c(c2)OCO3)cc1. The third-order valence-electron chi connectivity index (χ3n) is 4.30. The molecular formula is C20H18N2O4S. The average Bonchev–Trinajstić information content (AvgIpc) is 3.16. The van der Waals surface area contributed by atoms with Crippen LogP contribution >= 0.6 is 0 Å². The lowest BCUT2D eigenvalue weighted by atomic mass is 10.2. The highest BCUT2D eigenvalue weighted by Gasteiger charge is 2.20. The van der Waals surface area contributed by atoms with E-state index in [1.165, 1.54) is 12.1 Å². The molecular weight excluding hydrogens is 364 g/mol. The van der Waals surface area contributed by atoms with Gasteiger partial charge in [0, 0.05) is 30.2 Å². The average molecular weight is 382 g/mol. The maximum atomic E-state index is 12.6. The normalized spacial score (nSPS) is 12.6. The lowest BCUT2D eigenvalue weighted by Gasteiger charge is -2.19. The molecule has 0 saturated heterocycles. The molecule has 0 saturated carbocycles.